The molecule has 0 N–H and O–H groups in total. The minimum Gasteiger partial charge on any atom is -0.0843 e. The zero-order valence-corrected chi connectivity index (χ0v) is 39.7. The predicted molar refractivity (Wildman–Crippen MR) is 263 cm³/mol. The van der Waals surface area contributed by atoms with Crippen LogP contribution in [0.1, 0.15) is 143 Å². The second-order valence-corrected chi connectivity index (χ2v) is 22.1. The SMILES string of the molecule is Clc1ccc([C](C2CCCCC2)C(c2ccc(Cl)cc2)(C2CC2)C(c2ccc(Cl)cc2)(C2CCC2)C(c2ccc(Cl)cc2)(C2CCCC2)C(CC2CC2)c2ccc(Cl)cc2)cc1. The molecule has 5 fully saturated rings. The van der Waals surface area contributed by atoms with Gasteiger partial charge in [0.2, 0.25) is 0 Å². The van der Waals surface area contributed by atoms with Crippen LogP contribution in [0.4, 0.5) is 0 Å². The van der Waals surface area contributed by atoms with E-state index in [2.05, 4.69) is 121 Å². The van der Waals surface area contributed by atoms with Crippen LogP contribution in [0, 0.1) is 35.5 Å². The summed E-state index contributed by atoms with van der Waals surface area (Å²) in [4.78, 5) is 0. The number of benzene rings is 5. The molecule has 0 aliphatic heterocycles. The highest BCUT2D eigenvalue weighted by Gasteiger charge is 2.77. The van der Waals surface area contributed by atoms with E-state index in [-0.39, 0.29) is 11.3 Å². The molecule has 323 valence electrons. The molecular weight excluding hydrogens is 862 g/mol. The van der Waals surface area contributed by atoms with E-state index in [1.807, 2.05) is 0 Å². The fourth-order valence-corrected chi connectivity index (χ4v) is 14.9. The zero-order valence-electron chi connectivity index (χ0n) is 35.9. The Balaban J connectivity index is 1.46. The van der Waals surface area contributed by atoms with Crippen LogP contribution in [0.5, 0.6) is 0 Å². The van der Waals surface area contributed by atoms with Crippen molar-refractivity contribution in [3.05, 3.63) is 180 Å². The lowest BCUT2D eigenvalue weighted by Gasteiger charge is -2.72. The minimum atomic E-state index is -0.438. The van der Waals surface area contributed by atoms with Crippen molar-refractivity contribution >= 4 is 58.0 Å². The molecule has 0 bridgehead atoms. The standard InChI is InChI=1S/C57H60Cl5/c58-48-27-15-39(16-28-48)53(37-38-13-14-38)55(42-9-4-5-10-42,43-21-31-50(60)32-22-43)57(46-11-6-12-46,47-25-35-52(62)36-26-47)56(44-19-20-44,45-23-33-51(61)34-24-45)54(40-7-2-1-3-8-40)41-17-29-49(59)30-18-41/h15-18,21-36,38,40,42,44,46,53H,1-14,19-20,37H2. The van der Waals surface area contributed by atoms with Gasteiger partial charge in [0.1, 0.15) is 0 Å². The Hall–Kier alpha value is -2.45. The van der Waals surface area contributed by atoms with Crippen molar-refractivity contribution in [2.75, 3.05) is 0 Å². The molecule has 5 aromatic rings. The van der Waals surface area contributed by atoms with E-state index in [9.17, 15) is 0 Å². The summed E-state index contributed by atoms with van der Waals surface area (Å²) in [5.74, 6) is 4.15. The Morgan fingerprint density at radius 2 is 0.871 bits per heavy atom. The third kappa shape index (κ3) is 7.51. The summed E-state index contributed by atoms with van der Waals surface area (Å²) in [6.07, 6.45) is 20.8. The number of halogens is 5. The summed E-state index contributed by atoms with van der Waals surface area (Å²) in [6, 6.07) is 46.5. The minimum absolute atomic E-state index is 0.205. The number of rotatable bonds is 15. The van der Waals surface area contributed by atoms with E-state index in [0.29, 0.717) is 29.6 Å². The lowest BCUT2D eigenvalue weighted by atomic mass is 9.29. The molecule has 0 saturated heterocycles. The molecule has 1 radical (unpaired) electrons. The Morgan fingerprint density at radius 1 is 0.419 bits per heavy atom. The largest absolute Gasteiger partial charge is 0.0843 e. The second-order valence-electron chi connectivity index (χ2n) is 19.9. The summed E-state index contributed by atoms with van der Waals surface area (Å²) in [7, 11) is 0. The molecule has 5 aliphatic carbocycles. The van der Waals surface area contributed by atoms with Gasteiger partial charge in [0, 0.05) is 47.3 Å². The average molecular weight is 922 g/mol. The van der Waals surface area contributed by atoms with Gasteiger partial charge in [-0.15, -0.1) is 0 Å². The fraction of sp³-hybridized carbons (Fsp3) is 0.456. The fourth-order valence-electron chi connectivity index (χ4n) is 14.3. The topological polar surface area (TPSA) is 0 Å². The second kappa shape index (κ2) is 18.1. The molecule has 5 aliphatic rings. The van der Waals surface area contributed by atoms with E-state index >= 15 is 0 Å². The van der Waals surface area contributed by atoms with Gasteiger partial charge in [-0.25, -0.2) is 0 Å². The van der Waals surface area contributed by atoms with Crippen LogP contribution in [0.2, 0.25) is 25.1 Å². The van der Waals surface area contributed by atoms with Gasteiger partial charge >= 0.3 is 0 Å². The van der Waals surface area contributed by atoms with Gasteiger partial charge < -0.3 is 0 Å². The van der Waals surface area contributed by atoms with Crippen molar-refractivity contribution in [1.82, 2.24) is 0 Å². The van der Waals surface area contributed by atoms with Crippen LogP contribution in [-0.4, -0.2) is 0 Å². The molecule has 5 aromatic carbocycles. The Morgan fingerprint density at radius 3 is 1.35 bits per heavy atom. The third-order valence-corrected chi connectivity index (χ3v) is 18.0. The number of hydrogen-bond donors (Lipinski definition) is 0. The molecule has 0 spiro atoms. The molecule has 10 rings (SSSR count). The van der Waals surface area contributed by atoms with Gasteiger partial charge in [0.05, 0.1) is 0 Å². The van der Waals surface area contributed by atoms with Crippen LogP contribution in [-0.2, 0) is 16.2 Å². The normalized spacial score (nSPS) is 22.4. The molecule has 0 amide bonds. The first-order valence-electron chi connectivity index (χ1n) is 23.9. The predicted octanol–water partition coefficient (Wildman–Crippen LogP) is 18.3. The molecule has 0 heterocycles. The van der Waals surface area contributed by atoms with Gasteiger partial charge in [0.15, 0.2) is 0 Å². The highest BCUT2D eigenvalue weighted by atomic mass is 35.5. The first-order chi connectivity index (χ1) is 30.3. The van der Waals surface area contributed by atoms with Gasteiger partial charge in [-0.05, 0) is 182 Å². The van der Waals surface area contributed by atoms with Crippen molar-refractivity contribution in [3.63, 3.8) is 0 Å². The van der Waals surface area contributed by atoms with Crippen LogP contribution < -0.4 is 0 Å². The molecule has 0 aromatic heterocycles. The summed E-state index contributed by atoms with van der Waals surface area (Å²) in [5.41, 5.74) is 5.88. The monoisotopic (exact) mass is 919 g/mol. The highest BCUT2D eigenvalue weighted by molar-refractivity contribution is 6.31. The van der Waals surface area contributed by atoms with Crippen LogP contribution in [0.3, 0.4) is 0 Å². The van der Waals surface area contributed by atoms with Gasteiger partial charge in [-0.3, -0.25) is 0 Å². The lowest BCUT2D eigenvalue weighted by molar-refractivity contribution is -0.0598. The van der Waals surface area contributed by atoms with Crippen LogP contribution in [0.15, 0.2) is 121 Å². The molecule has 4 atom stereocenters. The maximum absolute atomic E-state index is 7.07. The summed E-state index contributed by atoms with van der Waals surface area (Å²) in [6.45, 7) is 0. The summed E-state index contributed by atoms with van der Waals surface area (Å²) >= 11 is 34.9. The van der Waals surface area contributed by atoms with Gasteiger partial charge in [0.25, 0.3) is 0 Å². The first kappa shape index (κ1) is 43.4. The van der Waals surface area contributed by atoms with E-state index in [1.165, 1.54) is 131 Å². The summed E-state index contributed by atoms with van der Waals surface area (Å²) in [5, 5.41) is 3.96. The Bertz CT molecular complexity index is 2260. The average Bonchev–Trinajstić information content (AvgIpc) is 4.22. The van der Waals surface area contributed by atoms with E-state index < -0.39 is 10.8 Å². The molecule has 5 heteroatoms. The van der Waals surface area contributed by atoms with E-state index in [4.69, 9.17) is 58.0 Å². The van der Waals surface area contributed by atoms with Crippen molar-refractivity contribution in [2.45, 2.75) is 131 Å². The maximum atomic E-state index is 7.07. The van der Waals surface area contributed by atoms with Crippen molar-refractivity contribution in [3.8, 4) is 0 Å². The Labute approximate surface area is 396 Å². The molecule has 62 heavy (non-hydrogen) atoms. The van der Waals surface area contributed by atoms with Gasteiger partial charge in [-0.1, -0.05) is 170 Å². The Kier molecular flexibility index (Phi) is 12.7. The zero-order chi connectivity index (χ0) is 42.5. The lowest BCUT2D eigenvalue weighted by Crippen LogP contribution is -2.73. The quantitative estimate of drug-likeness (QED) is 0.0981. The summed E-state index contributed by atoms with van der Waals surface area (Å²) < 4.78 is 0. The molecule has 5 saturated carbocycles. The first-order valence-corrected chi connectivity index (χ1v) is 25.8. The van der Waals surface area contributed by atoms with Crippen molar-refractivity contribution in [1.29, 1.82) is 0 Å². The third-order valence-electron chi connectivity index (χ3n) is 16.8. The molecule has 0 nitrogen and oxygen atoms in total. The maximum Gasteiger partial charge on any atom is 0.0406 e. The van der Waals surface area contributed by atoms with Crippen LogP contribution >= 0.6 is 58.0 Å². The highest BCUT2D eigenvalue weighted by Crippen LogP contribution is 2.79. The number of hydrogen-bond acceptors (Lipinski definition) is 0. The van der Waals surface area contributed by atoms with Crippen LogP contribution in [0.25, 0.3) is 0 Å². The molecule has 4 unspecified atom stereocenters. The smallest absolute Gasteiger partial charge is 0.0406 e. The van der Waals surface area contributed by atoms with Gasteiger partial charge in [-0.2, -0.15) is 0 Å². The van der Waals surface area contributed by atoms with Crippen molar-refractivity contribution < 1.29 is 0 Å². The van der Waals surface area contributed by atoms with E-state index in [0.717, 1.165) is 31.5 Å². The molecular formula is C57H60Cl5. The van der Waals surface area contributed by atoms with E-state index in [1.54, 1.807) is 5.92 Å². The van der Waals surface area contributed by atoms with Crippen molar-refractivity contribution in [2.24, 2.45) is 29.6 Å².